The third kappa shape index (κ3) is 4.59. The van der Waals surface area contributed by atoms with E-state index >= 15 is 0 Å². The molecule has 0 bridgehead atoms. The third-order valence-electron chi connectivity index (χ3n) is 5.53. The molecule has 1 aliphatic carbocycles. The van der Waals surface area contributed by atoms with E-state index in [2.05, 4.69) is 22.0 Å². The van der Waals surface area contributed by atoms with E-state index in [1.807, 2.05) is 25.2 Å². The largest absolute Gasteiger partial charge is 0.389 e. The summed E-state index contributed by atoms with van der Waals surface area (Å²) >= 11 is 0. The highest BCUT2D eigenvalue weighted by Crippen LogP contribution is 2.35. The van der Waals surface area contributed by atoms with Crippen molar-refractivity contribution < 1.29 is 9.90 Å². The smallest absolute Gasteiger partial charge is 0.226 e. The number of likely N-dealkylation sites (tertiary alicyclic amines) is 1. The molecule has 0 radical (unpaired) electrons. The van der Waals surface area contributed by atoms with Gasteiger partial charge in [-0.3, -0.25) is 9.78 Å². The van der Waals surface area contributed by atoms with Gasteiger partial charge in [0.15, 0.2) is 0 Å². The Morgan fingerprint density at radius 3 is 2.68 bits per heavy atom. The molecule has 1 N–H and O–H groups in total. The average Bonchev–Trinajstić information content (AvgIpc) is 3.05. The van der Waals surface area contributed by atoms with Gasteiger partial charge in [0, 0.05) is 19.3 Å². The monoisotopic (exact) mass is 345 g/mol. The molecule has 25 heavy (non-hydrogen) atoms. The molecule has 3 rings (SSSR count). The van der Waals surface area contributed by atoms with Crippen LogP contribution in [-0.4, -0.2) is 52.0 Å². The fourth-order valence-electron chi connectivity index (χ4n) is 4.23. The molecule has 138 valence electrons. The third-order valence-corrected chi connectivity index (χ3v) is 5.53. The Labute approximate surface area is 151 Å². The van der Waals surface area contributed by atoms with Gasteiger partial charge in [0.2, 0.25) is 5.91 Å². The minimum absolute atomic E-state index is 0.0631. The first kappa shape index (κ1) is 18.3. The molecule has 1 saturated carbocycles. The van der Waals surface area contributed by atoms with E-state index in [1.165, 1.54) is 12.0 Å². The number of hydrogen-bond acceptors (Lipinski definition) is 4. The molecule has 1 aliphatic heterocycles. The number of carbonyl (C=O) groups excluding carboxylic acids is 1. The fourth-order valence-corrected chi connectivity index (χ4v) is 4.23. The second-order valence-electron chi connectivity index (χ2n) is 8.04. The quantitative estimate of drug-likeness (QED) is 0.891. The molecule has 1 aromatic rings. The van der Waals surface area contributed by atoms with Crippen molar-refractivity contribution in [1.82, 2.24) is 14.8 Å². The van der Waals surface area contributed by atoms with Crippen LogP contribution in [0.2, 0.25) is 0 Å². The number of nitrogens with zero attached hydrogens (tertiary/aromatic N) is 3. The van der Waals surface area contributed by atoms with E-state index in [0.717, 1.165) is 57.3 Å². The van der Waals surface area contributed by atoms with Crippen molar-refractivity contribution in [3.05, 3.63) is 29.6 Å². The number of aromatic nitrogens is 1. The van der Waals surface area contributed by atoms with Crippen LogP contribution >= 0.6 is 0 Å². The summed E-state index contributed by atoms with van der Waals surface area (Å²) in [6.45, 7) is 1.65. The lowest BCUT2D eigenvalue weighted by atomic mass is 9.82. The first-order valence-electron chi connectivity index (χ1n) is 9.58. The van der Waals surface area contributed by atoms with Crippen LogP contribution in [0, 0.1) is 0 Å². The SMILES string of the molecule is CN(C)Cc1ccc([C@H]2CCCN2C(=O)CC2(O)CCCCC2)nc1. The minimum Gasteiger partial charge on any atom is -0.389 e. The van der Waals surface area contributed by atoms with Crippen molar-refractivity contribution >= 4 is 5.91 Å². The molecule has 0 aromatic carbocycles. The average molecular weight is 345 g/mol. The number of pyridine rings is 1. The lowest BCUT2D eigenvalue weighted by Crippen LogP contribution is -2.40. The number of aliphatic hydroxyl groups is 1. The predicted molar refractivity (Wildman–Crippen MR) is 98.0 cm³/mol. The normalized spacial score (nSPS) is 23.2. The maximum absolute atomic E-state index is 12.8. The van der Waals surface area contributed by atoms with Crippen LogP contribution in [0.1, 0.15) is 68.7 Å². The zero-order chi connectivity index (χ0) is 17.9. The number of carbonyl (C=O) groups is 1. The molecule has 0 spiro atoms. The Morgan fingerprint density at radius 2 is 2.04 bits per heavy atom. The molecule has 0 unspecified atom stereocenters. The topological polar surface area (TPSA) is 56.7 Å². The van der Waals surface area contributed by atoms with Crippen molar-refractivity contribution in [2.24, 2.45) is 0 Å². The van der Waals surface area contributed by atoms with Crippen LogP contribution in [0.3, 0.4) is 0 Å². The lowest BCUT2D eigenvalue weighted by Gasteiger charge is -2.34. The molecule has 2 fully saturated rings. The zero-order valence-corrected chi connectivity index (χ0v) is 15.6. The van der Waals surface area contributed by atoms with Gasteiger partial charge in [-0.25, -0.2) is 0 Å². The summed E-state index contributed by atoms with van der Waals surface area (Å²) in [5.41, 5.74) is 1.37. The second-order valence-corrected chi connectivity index (χ2v) is 8.04. The van der Waals surface area contributed by atoms with Gasteiger partial charge in [-0.1, -0.05) is 25.3 Å². The van der Waals surface area contributed by atoms with Gasteiger partial charge in [0.25, 0.3) is 0 Å². The van der Waals surface area contributed by atoms with E-state index in [1.54, 1.807) is 0 Å². The fraction of sp³-hybridized carbons (Fsp3) is 0.700. The van der Waals surface area contributed by atoms with Crippen molar-refractivity contribution in [1.29, 1.82) is 0 Å². The van der Waals surface area contributed by atoms with Crippen LogP contribution in [-0.2, 0) is 11.3 Å². The Bertz CT molecular complexity index is 579. The Morgan fingerprint density at radius 1 is 1.28 bits per heavy atom. The Kier molecular flexibility index (Phi) is 5.74. The van der Waals surface area contributed by atoms with Crippen molar-refractivity contribution in [2.45, 2.75) is 69.6 Å². The van der Waals surface area contributed by atoms with Crippen molar-refractivity contribution in [3.8, 4) is 0 Å². The van der Waals surface area contributed by atoms with Gasteiger partial charge in [-0.15, -0.1) is 0 Å². The second kappa shape index (κ2) is 7.83. The van der Waals surface area contributed by atoms with Gasteiger partial charge in [-0.05, 0) is 51.4 Å². The minimum atomic E-state index is -0.786. The van der Waals surface area contributed by atoms with Crippen LogP contribution < -0.4 is 0 Å². The van der Waals surface area contributed by atoms with Crippen LogP contribution in [0.4, 0.5) is 0 Å². The van der Waals surface area contributed by atoms with E-state index in [0.29, 0.717) is 0 Å². The van der Waals surface area contributed by atoms with Crippen molar-refractivity contribution in [2.75, 3.05) is 20.6 Å². The summed E-state index contributed by atoms with van der Waals surface area (Å²) in [4.78, 5) is 21.5. The van der Waals surface area contributed by atoms with E-state index in [-0.39, 0.29) is 18.4 Å². The summed E-state index contributed by atoms with van der Waals surface area (Å²) in [6.07, 6.45) is 8.91. The number of rotatable bonds is 5. The van der Waals surface area contributed by atoms with Crippen LogP contribution in [0.15, 0.2) is 18.3 Å². The summed E-state index contributed by atoms with van der Waals surface area (Å²) in [5, 5.41) is 10.7. The van der Waals surface area contributed by atoms with E-state index < -0.39 is 5.60 Å². The van der Waals surface area contributed by atoms with Crippen molar-refractivity contribution in [3.63, 3.8) is 0 Å². The molecular formula is C20H31N3O2. The maximum atomic E-state index is 12.8. The lowest BCUT2D eigenvalue weighted by molar-refractivity contribution is -0.138. The van der Waals surface area contributed by atoms with E-state index in [9.17, 15) is 9.90 Å². The molecule has 5 heteroatoms. The maximum Gasteiger partial charge on any atom is 0.226 e. The Hall–Kier alpha value is -1.46. The molecule has 1 atom stereocenters. The summed E-state index contributed by atoms with van der Waals surface area (Å²) < 4.78 is 0. The van der Waals surface area contributed by atoms with Gasteiger partial charge >= 0.3 is 0 Å². The van der Waals surface area contributed by atoms with Crippen LogP contribution in [0.25, 0.3) is 0 Å². The number of hydrogen-bond donors (Lipinski definition) is 1. The van der Waals surface area contributed by atoms with E-state index in [4.69, 9.17) is 0 Å². The summed E-state index contributed by atoms with van der Waals surface area (Å²) in [5.74, 6) is 0.0890. The molecule has 1 amide bonds. The molecule has 1 saturated heterocycles. The summed E-state index contributed by atoms with van der Waals surface area (Å²) in [6, 6.07) is 4.23. The highest BCUT2D eigenvalue weighted by atomic mass is 16.3. The molecule has 5 nitrogen and oxygen atoms in total. The molecule has 2 heterocycles. The highest BCUT2D eigenvalue weighted by Gasteiger charge is 2.37. The van der Waals surface area contributed by atoms with Crippen LogP contribution in [0.5, 0.6) is 0 Å². The predicted octanol–water partition coefficient (Wildman–Crippen LogP) is 2.89. The van der Waals surface area contributed by atoms with Gasteiger partial charge in [0.1, 0.15) is 0 Å². The first-order chi connectivity index (χ1) is 12.0. The first-order valence-corrected chi connectivity index (χ1v) is 9.58. The molecular weight excluding hydrogens is 314 g/mol. The number of amides is 1. The van der Waals surface area contributed by atoms with Gasteiger partial charge < -0.3 is 14.9 Å². The van der Waals surface area contributed by atoms with Gasteiger partial charge in [0.05, 0.1) is 23.8 Å². The molecule has 1 aromatic heterocycles. The summed E-state index contributed by atoms with van der Waals surface area (Å²) in [7, 11) is 4.09. The zero-order valence-electron chi connectivity index (χ0n) is 15.6. The Balaban J connectivity index is 1.66. The standard InChI is InChI=1S/C20H31N3O2/c1-22(2)15-16-8-9-17(21-14-16)18-7-6-12-23(18)19(24)13-20(25)10-4-3-5-11-20/h8-9,14,18,25H,3-7,10-13,15H2,1-2H3/t18-/m1/s1. The molecule has 2 aliphatic rings. The highest BCUT2D eigenvalue weighted by molar-refractivity contribution is 5.78. The van der Waals surface area contributed by atoms with Gasteiger partial charge in [-0.2, -0.15) is 0 Å².